The number of rotatable bonds is 1. The molecule has 4 atom stereocenters. The normalized spacial score (nSPS) is 49.4. The van der Waals surface area contributed by atoms with Crippen molar-refractivity contribution in [3.63, 3.8) is 0 Å². The third kappa shape index (κ3) is 1.60. The first-order valence-electron chi connectivity index (χ1n) is 6.17. The summed E-state index contributed by atoms with van der Waals surface area (Å²) in [6.07, 6.45) is 3.40. The Bertz CT molecular complexity index is 344. The molecule has 0 N–H and O–H groups in total. The van der Waals surface area contributed by atoms with E-state index in [1.807, 2.05) is 0 Å². The zero-order valence-electron chi connectivity index (χ0n) is 10.2. The lowest BCUT2D eigenvalue weighted by Crippen LogP contribution is -2.57. The molecule has 3 fully saturated rings. The van der Waals surface area contributed by atoms with E-state index in [9.17, 15) is 4.79 Å². The smallest absolute Gasteiger partial charge is 0.306 e. The highest BCUT2D eigenvalue weighted by Gasteiger charge is 2.63. The van der Waals surface area contributed by atoms with Crippen LogP contribution in [0.25, 0.3) is 0 Å². The molecule has 4 unspecified atom stereocenters. The van der Waals surface area contributed by atoms with Gasteiger partial charge in [0, 0.05) is 20.0 Å². The van der Waals surface area contributed by atoms with Gasteiger partial charge in [0.15, 0.2) is 0 Å². The van der Waals surface area contributed by atoms with Crippen molar-refractivity contribution in [1.29, 1.82) is 0 Å². The van der Waals surface area contributed by atoms with E-state index >= 15 is 0 Å². The highest BCUT2D eigenvalue weighted by molar-refractivity contribution is 5.71. The van der Waals surface area contributed by atoms with Crippen LogP contribution in [0.5, 0.6) is 0 Å². The second kappa shape index (κ2) is 3.67. The van der Waals surface area contributed by atoms with E-state index in [-0.39, 0.29) is 18.0 Å². The molecular formula is C12H18O5. The summed E-state index contributed by atoms with van der Waals surface area (Å²) < 4.78 is 22.3. The molecule has 1 spiro atoms. The second-order valence-electron chi connectivity index (χ2n) is 5.22. The zero-order valence-corrected chi connectivity index (χ0v) is 10.2. The highest BCUT2D eigenvalue weighted by Crippen LogP contribution is 2.51. The average Bonchev–Trinajstić information content (AvgIpc) is 2.61. The van der Waals surface area contributed by atoms with Gasteiger partial charge in [-0.3, -0.25) is 4.79 Å². The van der Waals surface area contributed by atoms with Gasteiger partial charge in [0.1, 0.15) is 12.2 Å². The van der Waals surface area contributed by atoms with Crippen molar-refractivity contribution in [2.45, 2.75) is 50.3 Å². The molecule has 0 amide bonds. The molecule has 0 radical (unpaired) electrons. The number of hydrogen-bond donors (Lipinski definition) is 0. The van der Waals surface area contributed by atoms with Crippen molar-refractivity contribution in [2.24, 2.45) is 5.92 Å². The van der Waals surface area contributed by atoms with Crippen molar-refractivity contribution < 1.29 is 23.7 Å². The number of carbonyl (C=O) groups is 1. The fraction of sp³-hybridized carbons (Fsp3) is 0.917. The summed E-state index contributed by atoms with van der Waals surface area (Å²) in [5.74, 6) is -0.938. The maximum atomic E-state index is 11.4. The molecule has 3 aliphatic rings. The van der Waals surface area contributed by atoms with Gasteiger partial charge in [-0.25, -0.2) is 0 Å². The minimum absolute atomic E-state index is 0.0284. The fourth-order valence-corrected chi connectivity index (χ4v) is 3.29. The number of carbonyl (C=O) groups excluding carboxylic acids is 1. The van der Waals surface area contributed by atoms with Crippen LogP contribution in [0.2, 0.25) is 0 Å². The first-order valence-corrected chi connectivity index (χ1v) is 6.17. The van der Waals surface area contributed by atoms with E-state index in [0.717, 1.165) is 19.3 Å². The molecule has 5 nitrogen and oxygen atoms in total. The molecule has 96 valence electrons. The lowest BCUT2D eigenvalue weighted by Gasteiger charge is -2.44. The number of hydrogen-bond acceptors (Lipinski definition) is 5. The van der Waals surface area contributed by atoms with Crippen LogP contribution in [0.3, 0.4) is 0 Å². The van der Waals surface area contributed by atoms with Gasteiger partial charge in [-0.05, 0) is 12.8 Å². The summed E-state index contributed by atoms with van der Waals surface area (Å²) in [6.45, 7) is 2.06. The summed E-state index contributed by atoms with van der Waals surface area (Å²) in [6, 6.07) is 0. The Kier molecular flexibility index (Phi) is 2.47. The standard InChI is InChI=1S/C12H18O5/c1-11(14-2)16-9-5-3-4-8-6-10(13)15-7-12(8,9)17-11/h8-9H,3-7H2,1-2H3. The first kappa shape index (κ1) is 11.4. The predicted molar refractivity (Wildman–Crippen MR) is 57.0 cm³/mol. The van der Waals surface area contributed by atoms with E-state index in [2.05, 4.69) is 0 Å². The molecule has 3 rings (SSSR count). The summed E-state index contributed by atoms with van der Waals surface area (Å²) >= 11 is 0. The van der Waals surface area contributed by atoms with Crippen molar-refractivity contribution in [3.05, 3.63) is 0 Å². The Labute approximate surface area is 100 Å². The van der Waals surface area contributed by atoms with Crippen LogP contribution in [-0.4, -0.2) is 37.4 Å². The van der Waals surface area contributed by atoms with Crippen molar-refractivity contribution in [2.75, 3.05) is 13.7 Å². The zero-order chi connectivity index (χ0) is 12.1. The third-order valence-corrected chi connectivity index (χ3v) is 4.23. The molecule has 2 saturated heterocycles. The SMILES string of the molecule is COC1(C)OC2CCCC3CC(=O)OCC32O1. The van der Waals surface area contributed by atoms with E-state index in [1.165, 1.54) is 0 Å². The lowest BCUT2D eigenvalue weighted by molar-refractivity contribution is -0.333. The Morgan fingerprint density at radius 2 is 2.24 bits per heavy atom. The van der Waals surface area contributed by atoms with Gasteiger partial charge < -0.3 is 18.9 Å². The molecule has 0 bridgehead atoms. The molecule has 17 heavy (non-hydrogen) atoms. The number of ether oxygens (including phenoxy) is 4. The quantitative estimate of drug-likeness (QED) is 0.647. The minimum Gasteiger partial charge on any atom is -0.462 e. The molecule has 5 heteroatoms. The Balaban J connectivity index is 1.91. The van der Waals surface area contributed by atoms with Gasteiger partial charge in [0.2, 0.25) is 0 Å². The molecule has 2 heterocycles. The van der Waals surface area contributed by atoms with Gasteiger partial charge >= 0.3 is 5.97 Å². The summed E-state index contributed by atoms with van der Waals surface area (Å²) in [7, 11) is 1.57. The number of cyclic esters (lactones) is 1. The Morgan fingerprint density at radius 1 is 1.41 bits per heavy atom. The van der Waals surface area contributed by atoms with Gasteiger partial charge in [0.25, 0.3) is 5.97 Å². The molecule has 2 aliphatic heterocycles. The maximum absolute atomic E-state index is 11.4. The molecule has 0 aromatic heterocycles. The topological polar surface area (TPSA) is 54.0 Å². The maximum Gasteiger partial charge on any atom is 0.306 e. The van der Waals surface area contributed by atoms with Crippen LogP contribution in [-0.2, 0) is 23.7 Å². The van der Waals surface area contributed by atoms with Gasteiger partial charge in [-0.2, -0.15) is 0 Å². The van der Waals surface area contributed by atoms with E-state index in [1.54, 1.807) is 14.0 Å². The highest BCUT2D eigenvalue weighted by atomic mass is 16.9. The van der Waals surface area contributed by atoms with E-state index in [0.29, 0.717) is 13.0 Å². The lowest BCUT2D eigenvalue weighted by atomic mass is 9.71. The average molecular weight is 242 g/mol. The second-order valence-corrected chi connectivity index (χ2v) is 5.22. The Hall–Kier alpha value is -0.650. The van der Waals surface area contributed by atoms with Gasteiger partial charge in [-0.1, -0.05) is 6.42 Å². The van der Waals surface area contributed by atoms with Crippen LogP contribution in [0.4, 0.5) is 0 Å². The van der Waals surface area contributed by atoms with Gasteiger partial charge in [-0.15, -0.1) is 0 Å². The number of methoxy groups -OCH3 is 1. The first-order chi connectivity index (χ1) is 8.08. The molecular weight excluding hydrogens is 224 g/mol. The molecule has 0 aromatic rings. The van der Waals surface area contributed by atoms with Crippen LogP contribution in [0, 0.1) is 5.92 Å². The largest absolute Gasteiger partial charge is 0.462 e. The fourth-order valence-electron chi connectivity index (χ4n) is 3.29. The van der Waals surface area contributed by atoms with Gasteiger partial charge in [0.05, 0.1) is 12.5 Å². The third-order valence-electron chi connectivity index (χ3n) is 4.23. The summed E-state index contributed by atoms with van der Waals surface area (Å²) in [4.78, 5) is 11.4. The van der Waals surface area contributed by atoms with Crippen LogP contribution >= 0.6 is 0 Å². The van der Waals surface area contributed by atoms with Crippen LogP contribution in [0.1, 0.15) is 32.6 Å². The van der Waals surface area contributed by atoms with E-state index < -0.39 is 11.6 Å². The van der Waals surface area contributed by atoms with Crippen molar-refractivity contribution >= 4 is 5.97 Å². The number of esters is 1. The van der Waals surface area contributed by atoms with Crippen molar-refractivity contribution in [3.8, 4) is 0 Å². The summed E-state index contributed by atoms with van der Waals surface area (Å²) in [5.41, 5.74) is -0.489. The molecule has 1 aliphatic carbocycles. The summed E-state index contributed by atoms with van der Waals surface area (Å²) in [5, 5.41) is 0. The molecule has 0 aromatic carbocycles. The Morgan fingerprint density at radius 3 is 3.00 bits per heavy atom. The van der Waals surface area contributed by atoms with Crippen molar-refractivity contribution in [1.82, 2.24) is 0 Å². The predicted octanol–water partition coefficient (Wildman–Crippen LogP) is 1.21. The molecule has 1 saturated carbocycles. The van der Waals surface area contributed by atoms with Crippen LogP contribution in [0.15, 0.2) is 0 Å². The minimum atomic E-state index is -1.00. The monoisotopic (exact) mass is 242 g/mol. The van der Waals surface area contributed by atoms with Crippen LogP contribution < -0.4 is 0 Å². The van der Waals surface area contributed by atoms with E-state index in [4.69, 9.17) is 18.9 Å².